The van der Waals surface area contributed by atoms with Crippen molar-refractivity contribution in [3.8, 4) is 0 Å². The zero-order valence-corrected chi connectivity index (χ0v) is 18.8. The zero-order chi connectivity index (χ0) is 20.7. The summed E-state index contributed by atoms with van der Waals surface area (Å²) >= 11 is 15.9. The van der Waals surface area contributed by atoms with Crippen molar-refractivity contribution in [3.63, 3.8) is 0 Å². The second-order valence-electron chi connectivity index (χ2n) is 7.40. The number of hydrogen-bond acceptors (Lipinski definition) is 2. The van der Waals surface area contributed by atoms with Crippen molar-refractivity contribution in [1.29, 1.82) is 0 Å². The highest BCUT2D eigenvalue weighted by Crippen LogP contribution is 2.43. The van der Waals surface area contributed by atoms with E-state index in [1.54, 1.807) is 0 Å². The van der Waals surface area contributed by atoms with Crippen LogP contribution in [0.15, 0.2) is 47.2 Å². The molecule has 1 aliphatic carbocycles. The largest absolute Gasteiger partial charge is 0.476 e. The molecule has 1 heterocycles. The van der Waals surface area contributed by atoms with E-state index in [0.29, 0.717) is 26.9 Å². The predicted molar refractivity (Wildman–Crippen MR) is 118 cm³/mol. The van der Waals surface area contributed by atoms with Gasteiger partial charge in [-0.1, -0.05) is 41.4 Å². The molecule has 0 aliphatic heterocycles. The Balaban J connectivity index is 1.90. The van der Waals surface area contributed by atoms with Crippen LogP contribution < -0.4 is 0 Å². The lowest BCUT2D eigenvalue weighted by molar-refractivity contribution is 0.0689. The second-order valence-corrected chi connectivity index (χ2v) is 8.98. The molecule has 0 radical (unpaired) electrons. The van der Waals surface area contributed by atoms with Gasteiger partial charge in [0.25, 0.3) is 0 Å². The molecule has 1 N–H and O–H groups in total. The summed E-state index contributed by atoms with van der Waals surface area (Å²) in [6, 6.07) is 13.7. The average Bonchev–Trinajstić information content (AvgIpc) is 3.45. The summed E-state index contributed by atoms with van der Waals surface area (Å²) in [5.74, 6) is -1.23. The molecule has 1 saturated carbocycles. The molecule has 1 unspecified atom stereocenters. The maximum absolute atomic E-state index is 12.1. The molecular weight excluding hydrogens is 475 g/mol. The lowest BCUT2D eigenvalue weighted by atomic mass is 9.86. The van der Waals surface area contributed by atoms with Gasteiger partial charge in [-0.3, -0.25) is 0 Å². The number of hydrogen-bond donors (Lipinski definition) is 1. The number of benzene rings is 2. The van der Waals surface area contributed by atoms with Crippen LogP contribution in [0.5, 0.6) is 0 Å². The fourth-order valence-corrected chi connectivity index (χ4v) is 4.71. The molecule has 1 atom stereocenters. The van der Waals surface area contributed by atoms with E-state index in [1.165, 1.54) is 0 Å². The second kappa shape index (κ2) is 8.13. The van der Waals surface area contributed by atoms with Crippen molar-refractivity contribution in [1.82, 2.24) is 9.55 Å². The number of rotatable bonds is 6. The number of aromatic nitrogens is 2. The average molecular weight is 494 g/mol. The third kappa shape index (κ3) is 4.23. The molecule has 2 aromatic carbocycles. The Hall–Kier alpha value is -1.82. The number of aryl methyl sites for hydroxylation is 1. The molecule has 29 heavy (non-hydrogen) atoms. The Bertz CT molecular complexity index is 1080. The molecule has 0 spiro atoms. The fraction of sp³-hybridized carbons (Fsp3) is 0.273. The quantitative estimate of drug-likeness (QED) is 0.417. The van der Waals surface area contributed by atoms with E-state index in [1.807, 2.05) is 54.0 Å². The Morgan fingerprint density at radius 2 is 1.86 bits per heavy atom. The Kier molecular flexibility index (Phi) is 5.74. The fourth-order valence-electron chi connectivity index (χ4n) is 3.73. The molecule has 0 saturated heterocycles. The van der Waals surface area contributed by atoms with Crippen LogP contribution in [0.4, 0.5) is 0 Å². The SMILES string of the molecule is Cc1ccc(Cl)cc1CC(c1ccc(Cl)cc1)c1c(C(=O)O)nc(Br)n1C1CC1. The molecule has 7 heteroatoms. The number of imidazole rings is 1. The normalized spacial score (nSPS) is 14.8. The van der Waals surface area contributed by atoms with Crippen LogP contribution in [0, 0.1) is 6.92 Å². The Morgan fingerprint density at radius 3 is 2.48 bits per heavy atom. The van der Waals surface area contributed by atoms with Gasteiger partial charge in [-0.15, -0.1) is 0 Å². The Labute approximate surface area is 187 Å². The van der Waals surface area contributed by atoms with E-state index < -0.39 is 5.97 Å². The lowest BCUT2D eigenvalue weighted by Crippen LogP contribution is -2.16. The number of carbonyl (C=O) groups is 1. The summed E-state index contributed by atoms with van der Waals surface area (Å²) in [7, 11) is 0. The van der Waals surface area contributed by atoms with Gasteiger partial charge < -0.3 is 9.67 Å². The van der Waals surface area contributed by atoms with Crippen LogP contribution in [-0.2, 0) is 6.42 Å². The van der Waals surface area contributed by atoms with E-state index in [-0.39, 0.29) is 17.7 Å². The molecular formula is C22H19BrCl2N2O2. The molecule has 150 valence electrons. The molecule has 1 aromatic heterocycles. The van der Waals surface area contributed by atoms with Gasteiger partial charge in [0, 0.05) is 22.0 Å². The van der Waals surface area contributed by atoms with E-state index >= 15 is 0 Å². The molecule has 4 rings (SSSR count). The Morgan fingerprint density at radius 1 is 1.21 bits per heavy atom. The summed E-state index contributed by atoms with van der Waals surface area (Å²) in [5.41, 5.74) is 3.98. The van der Waals surface area contributed by atoms with E-state index in [4.69, 9.17) is 23.2 Å². The maximum Gasteiger partial charge on any atom is 0.356 e. The van der Waals surface area contributed by atoms with Crippen molar-refractivity contribution >= 4 is 45.1 Å². The first kappa shape index (κ1) is 20.5. The number of halogens is 3. The minimum Gasteiger partial charge on any atom is -0.476 e. The number of carboxylic acid groups (broad SMARTS) is 1. The minimum atomic E-state index is -1.03. The lowest BCUT2D eigenvalue weighted by Gasteiger charge is -2.22. The van der Waals surface area contributed by atoms with E-state index in [0.717, 1.165) is 29.5 Å². The first-order chi connectivity index (χ1) is 13.8. The third-order valence-electron chi connectivity index (χ3n) is 5.36. The zero-order valence-electron chi connectivity index (χ0n) is 15.7. The van der Waals surface area contributed by atoms with Crippen LogP contribution in [-0.4, -0.2) is 20.6 Å². The van der Waals surface area contributed by atoms with Crippen LogP contribution in [0.3, 0.4) is 0 Å². The van der Waals surface area contributed by atoms with Gasteiger partial charge in [0.1, 0.15) is 0 Å². The van der Waals surface area contributed by atoms with Gasteiger partial charge in [0.05, 0.1) is 5.69 Å². The van der Waals surface area contributed by atoms with E-state index in [2.05, 4.69) is 20.9 Å². The summed E-state index contributed by atoms with van der Waals surface area (Å²) in [5, 5.41) is 11.2. The third-order valence-corrected chi connectivity index (χ3v) is 6.40. The molecule has 3 aromatic rings. The van der Waals surface area contributed by atoms with Gasteiger partial charge in [-0.05, 0) is 83.1 Å². The predicted octanol–water partition coefficient (Wildman–Crippen LogP) is 6.67. The summed E-state index contributed by atoms with van der Waals surface area (Å²) in [6.45, 7) is 2.04. The summed E-state index contributed by atoms with van der Waals surface area (Å²) in [6.07, 6.45) is 2.65. The van der Waals surface area contributed by atoms with Crippen molar-refractivity contribution in [2.45, 2.75) is 38.1 Å². The smallest absolute Gasteiger partial charge is 0.356 e. The first-order valence-corrected chi connectivity index (χ1v) is 10.9. The highest BCUT2D eigenvalue weighted by atomic mass is 79.9. The van der Waals surface area contributed by atoms with E-state index in [9.17, 15) is 9.90 Å². The van der Waals surface area contributed by atoms with Crippen molar-refractivity contribution < 1.29 is 9.90 Å². The minimum absolute atomic E-state index is 0.0865. The molecule has 4 nitrogen and oxygen atoms in total. The van der Waals surface area contributed by atoms with Crippen LogP contribution in [0.25, 0.3) is 0 Å². The number of aromatic carboxylic acids is 1. The van der Waals surface area contributed by atoms with Crippen molar-refractivity contribution in [2.24, 2.45) is 0 Å². The molecule has 0 bridgehead atoms. The van der Waals surface area contributed by atoms with Crippen LogP contribution in [0.2, 0.25) is 10.0 Å². The van der Waals surface area contributed by atoms with Crippen molar-refractivity contribution in [3.05, 3.63) is 85.3 Å². The standard InChI is InChI=1S/C22H19BrCl2N2O2/c1-12-2-5-16(25)10-14(12)11-18(13-3-6-15(24)7-4-13)20-19(21(28)29)26-22(23)27(20)17-8-9-17/h2-7,10,17-18H,8-9,11H2,1H3,(H,28,29). The van der Waals surface area contributed by atoms with Gasteiger partial charge in [0.15, 0.2) is 10.4 Å². The van der Waals surface area contributed by atoms with Gasteiger partial charge in [-0.2, -0.15) is 0 Å². The number of nitrogens with zero attached hydrogens (tertiary/aromatic N) is 2. The van der Waals surface area contributed by atoms with Gasteiger partial charge in [-0.25, -0.2) is 9.78 Å². The van der Waals surface area contributed by atoms with Crippen molar-refractivity contribution in [2.75, 3.05) is 0 Å². The summed E-state index contributed by atoms with van der Waals surface area (Å²) < 4.78 is 2.61. The van der Waals surface area contributed by atoms with Crippen LogP contribution >= 0.6 is 39.1 Å². The highest BCUT2D eigenvalue weighted by Gasteiger charge is 2.35. The molecule has 1 aliphatic rings. The highest BCUT2D eigenvalue weighted by molar-refractivity contribution is 9.10. The first-order valence-electron chi connectivity index (χ1n) is 9.36. The molecule has 0 amide bonds. The van der Waals surface area contributed by atoms with Gasteiger partial charge in [0.2, 0.25) is 0 Å². The van der Waals surface area contributed by atoms with Crippen LogP contribution in [0.1, 0.15) is 57.7 Å². The molecule has 1 fully saturated rings. The summed E-state index contributed by atoms with van der Waals surface area (Å²) in [4.78, 5) is 16.4. The number of carboxylic acids is 1. The topological polar surface area (TPSA) is 55.1 Å². The maximum atomic E-state index is 12.1. The monoisotopic (exact) mass is 492 g/mol. The van der Waals surface area contributed by atoms with Gasteiger partial charge >= 0.3 is 5.97 Å².